The third-order valence-electron chi connectivity index (χ3n) is 3.06. The number of amides is 1. The molecular formula is C15H19N3O2. The van der Waals surface area contributed by atoms with E-state index in [1.807, 2.05) is 43.3 Å². The van der Waals surface area contributed by atoms with Gasteiger partial charge in [-0.3, -0.25) is 9.89 Å². The van der Waals surface area contributed by atoms with Gasteiger partial charge in [-0.15, -0.1) is 0 Å². The van der Waals surface area contributed by atoms with E-state index in [0.29, 0.717) is 6.42 Å². The van der Waals surface area contributed by atoms with E-state index in [1.54, 1.807) is 0 Å². The first kappa shape index (κ1) is 14.3. The maximum atomic E-state index is 12.0. The number of hydrogen-bond acceptors (Lipinski definition) is 3. The third kappa shape index (κ3) is 3.93. The number of hydrogen-bond donors (Lipinski definition) is 3. The van der Waals surface area contributed by atoms with Crippen molar-refractivity contribution in [2.24, 2.45) is 0 Å². The molecule has 0 aliphatic rings. The molecule has 5 heteroatoms. The number of nitrogens with zero attached hydrogens (tertiary/aromatic N) is 1. The van der Waals surface area contributed by atoms with E-state index in [-0.39, 0.29) is 25.0 Å². The Morgan fingerprint density at radius 2 is 2.15 bits per heavy atom. The zero-order valence-electron chi connectivity index (χ0n) is 11.5. The van der Waals surface area contributed by atoms with Crippen molar-refractivity contribution < 1.29 is 9.90 Å². The number of carbonyl (C=O) groups is 1. The molecule has 0 fully saturated rings. The monoisotopic (exact) mass is 273 g/mol. The standard InChI is InChI=1S/C15H19N3O2/c1-11-9-13(18-17-11)10-15(20)16-14(7-8-19)12-5-3-2-4-6-12/h2-6,9,14,19H,7-8,10H2,1H3,(H,16,20)(H,17,18)/t14-/m1/s1. The summed E-state index contributed by atoms with van der Waals surface area (Å²) in [4.78, 5) is 12.0. The Hall–Kier alpha value is -2.14. The smallest absolute Gasteiger partial charge is 0.226 e. The normalized spacial score (nSPS) is 12.1. The number of benzene rings is 1. The molecule has 1 aromatic carbocycles. The zero-order chi connectivity index (χ0) is 14.4. The predicted octanol–water partition coefficient (Wildman–Crippen LogP) is 1.50. The van der Waals surface area contributed by atoms with Gasteiger partial charge in [0.25, 0.3) is 0 Å². The van der Waals surface area contributed by atoms with Crippen LogP contribution in [0.25, 0.3) is 0 Å². The lowest BCUT2D eigenvalue weighted by atomic mass is 10.0. The average molecular weight is 273 g/mol. The highest BCUT2D eigenvalue weighted by Gasteiger charge is 2.15. The number of aryl methyl sites for hydroxylation is 1. The first-order valence-corrected chi connectivity index (χ1v) is 6.65. The molecule has 3 N–H and O–H groups in total. The van der Waals surface area contributed by atoms with Crippen LogP contribution in [0.15, 0.2) is 36.4 Å². The lowest BCUT2D eigenvalue weighted by Gasteiger charge is -2.18. The number of nitrogens with one attached hydrogen (secondary N) is 2. The highest BCUT2D eigenvalue weighted by Crippen LogP contribution is 2.16. The summed E-state index contributed by atoms with van der Waals surface area (Å²) in [5.41, 5.74) is 2.65. The molecule has 5 nitrogen and oxygen atoms in total. The van der Waals surface area contributed by atoms with Gasteiger partial charge in [0, 0.05) is 12.3 Å². The fraction of sp³-hybridized carbons (Fsp3) is 0.333. The molecule has 0 unspecified atom stereocenters. The van der Waals surface area contributed by atoms with Gasteiger partial charge in [0.1, 0.15) is 0 Å². The average Bonchev–Trinajstić information content (AvgIpc) is 2.84. The summed E-state index contributed by atoms with van der Waals surface area (Å²) in [6.07, 6.45) is 0.731. The van der Waals surface area contributed by atoms with Gasteiger partial charge < -0.3 is 10.4 Å². The summed E-state index contributed by atoms with van der Waals surface area (Å²) in [7, 11) is 0. The molecule has 1 amide bonds. The van der Waals surface area contributed by atoms with Gasteiger partial charge >= 0.3 is 0 Å². The molecule has 0 aliphatic carbocycles. The summed E-state index contributed by atoms with van der Waals surface area (Å²) in [5, 5.41) is 18.9. The second-order valence-electron chi connectivity index (χ2n) is 4.76. The van der Waals surface area contributed by atoms with Crippen LogP contribution in [-0.4, -0.2) is 27.8 Å². The van der Waals surface area contributed by atoms with Crippen LogP contribution in [0.4, 0.5) is 0 Å². The van der Waals surface area contributed by atoms with Crippen molar-refractivity contribution in [1.29, 1.82) is 0 Å². The van der Waals surface area contributed by atoms with Crippen molar-refractivity contribution in [2.45, 2.75) is 25.8 Å². The number of aliphatic hydroxyl groups excluding tert-OH is 1. The minimum absolute atomic E-state index is 0.0291. The van der Waals surface area contributed by atoms with Gasteiger partial charge in [-0.25, -0.2) is 0 Å². The molecule has 2 aromatic rings. The molecular weight excluding hydrogens is 254 g/mol. The van der Waals surface area contributed by atoms with Crippen molar-refractivity contribution >= 4 is 5.91 Å². The van der Waals surface area contributed by atoms with Gasteiger partial charge in [0.15, 0.2) is 0 Å². The first-order chi connectivity index (χ1) is 9.69. The zero-order valence-corrected chi connectivity index (χ0v) is 11.5. The Labute approximate surface area is 118 Å². The summed E-state index contributed by atoms with van der Waals surface area (Å²) in [5.74, 6) is -0.0983. The second-order valence-corrected chi connectivity index (χ2v) is 4.76. The lowest BCUT2D eigenvalue weighted by molar-refractivity contribution is -0.121. The van der Waals surface area contributed by atoms with Crippen LogP contribution < -0.4 is 5.32 Å². The number of rotatable bonds is 6. The number of carbonyl (C=O) groups excluding carboxylic acids is 1. The predicted molar refractivity (Wildman–Crippen MR) is 76.1 cm³/mol. The van der Waals surface area contributed by atoms with Gasteiger partial charge in [-0.2, -0.15) is 5.10 Å². The van der Waals surface area contributed by atoms with Crippen LogP contribution in [0.5, 0.6) is 0 Å². The molecule has 0 spiro atoms. The van der Waals surface area contributed by atoms with Crippen molar-refractivity contribution in [2.75, 3.05) is 6.61 Å². The minimum Gasteiger partial charge on any atom is -0.396 e. The molecule has 1 heterocycles. The molecule has 2 rings (SSSR count). The summed E-state index contributed by atoms with van der Waals surface area (Å²) >= 11 is 0. The Morgan fingerprint density at radius 3 is 2.75 bits per heavy atom. The Kier molecular flexibility index (Phi) is 4.90. The van der Waals surface area contributed by atoms with Gasteiger partial charge in [0.05, 0.1) is 18.2 Å². The fourth-order valence-electron chi connectivity index (χ4n) is 2.11. The number of aromatic amines is 1. The minimum atomic E-state index is -0.172. The molecule has 0 saturated heterocycles. The maximum Gasteiger partial charge on any atom is 0.226 e. The number of aromatic nitrogens is 2. The fourth-order valence-corrected chi connectivity index (χ4v) is 2.11. The molecule has 1 aromatic heterocycles. The van der Waals surface area contributed by atoms with Crippen LogP contribution >= 0.6 is 0 Å². The van der Waals surface area contributed by atoms with Gasteiger partial charge in [-0.05, 0) is 25.0 Å². The molecule has 0 bridgehead atoms. The van der Waals surface area contributed by atoms with Crippen LogP contribution in [-0.2, 0) is 11.2 Å². The first-order valence-electron chi connectivity index (χ1n) is 6.65. The van der Waals surface area contributed by atoms with E-state index in [2.05, 4.69) is 15.5 Å². The lowest BCUT2D eigenvalue weighted by Crippen LogP contribution is -2.30. The van der Waals surface area contributed by atoms with E-state index >= 15 is 0 Å². The molecule has 20 heavy (non-hydrogen) atoms. The third-order valence-corrected chi connectivity index (χ3v) is 3.06. The van der Waals surface area contributed by atoms with Crippen LogP contribution in [0.1, 0.15) is 29.4 Å². The molecule has 0 saturated carbocycles. The van der Waals surface area contributed by atoms with Crippen molar-refractivity contribution in [3.8, 4) is 0 Å². The molecule has 106 valence electrons. The highest BCUT2D eigenvalue weighted by atomic mass is 16.3. The quantitative estimate of drug-likeness (QED) is 0.746. The van der Waals surface area contributed by atoms with E-state index in [1.165, 1.54) is 0 Å². The highest BCUT2D eigenvalue weighted by molar-refractivity contribution is 5.78. The number of H-pyrrole nitrogens is 1. The topological polar surface area (TPSA) is 78.0 Å². The van der Waals surface area contributed by atoms with E-state index in [9.17, 15) is 4.79 Å². The Bertz CT molecular complexity index is 551. The summed E-state index contributed by atoms with van der Waals surface area (Å²) in [6, 6.07) is 11.3. The molecule has 0 radical (unpaired) electrons. The molecule has 0 aliphatic heterocycles. The maximum absolute atomic E-state index is 12.0. The second kappa shape index (κ2) is 6.86. The van der Waals surface area contributed by atoms with E-state index in [0.717, 1.165) is 17.0 Å². The summed E-state index contributed by atoms with van der Waals surface area (Å²) < 4.78 is 0. The SMILES string of the molecule is Cc1cc(CC(=O)N[C@H](CCO)c2ccccc2)n[nH]1. The van der Waals surface area contributed by atoms with Gasteiger partial charge in [-0.1, -0.05) is 30.3 Å². The van der Waals surface area contributed by atoms with Crippen molar-refractivity contribution in [3.63, 3.8) is 0 Å². The Morgan fingerprint density at radius 1 is 1.40 bits per heavy atom. The Balaban J connectivity index is 1.99. The molecule has 1 atom stereocenters. The number of aliphatic hydroxyl groups is 1. The van der Waals surface area contributed by atoms with E-state index < -0.39 is 0 Å². The van der Waals surface area contributed by atoms with Crippen molar-refractivity contribution in [3.05, 3.63) is 53.3 Å². The summed E-state index contributed by atoms with van der Waals surface area (Å²) in [6.45, 7) is 1.92. The van der Waals surface area contributed by atoms with Crippen LogP contribution in [0, 0.1) is 6.92 Å². The van der Waals surface area contributed by atoms with Crippen LogP contribution in [0.3, 0.4) is 0 Å². The van der Waals surface area contributed by atoms with Crippen LogP contribution in [0.2, 0.25) is 0 Å². The largest absolute Gasteiger partial charge is 0.396 e. The van der Waals surface area contributed by atoms with Crippen molar-refractivity contribution in [1.82, 2.24) is 15.5 Å². The van der Waals surface area contributed by atoms with Gasteiger partial charge in [0.2, 0.25) is 5.91 Å². The van der Waals surface area contributed by atoms with E-state index in [4.69, 9.17) is 5.11 Å².